The van der Waals surface area contributed by atoms with Crippen LogP contribution in [0.25, 0.3) is 0 Å². The third-order valence-corrected chi connectivity index (χ3v) is 4.15. The van der Waals surface area contributed by atoms with Crippen molar-refractivity contribution in [1.29, 1.82) is 0 Å². The summed E-state index contributed by atoms with van der Waals surface area (Å²) >= 11 is 0. The van der Waals surface area contributed by atoms with Gasteiger partial charge >= 0.3 is 0 Å². The lowest BCUT2D eigenvalue weighted by molar-refractivity contribution is 0.603. The molecule has 2 heterocycles. The summed E-state index contributed by atoms with van der Waals surface area (Å²) in [4.78, 5) is 8.80. The van der Waals surface area contributed by atoms with Gasteiger partial charge in [-0.1, -0.05) is 25.7 Å². The van der Waals surface area contributed by atoms with E-state index in [4.69, 9.17) is 5.73 Å². The van der Waals surface area contributed by atoms with Crippen molar-refractivity contribution in [1.82, 2.24) is 15.3 Å². The first-order valence-corrected chi connectivity index (χ1v) is 7.45. The van der Waals surface area contributed by atoms with Crippen molar-refractivity contribution < 1.29 is 0 Å². The van der Waals surface area contributed by atoms with Crippen molar-refractivity contribution in [3.8, 4) is 0 Å². The number of rotatable bonds is 2. The van der Waals surface area contributed by atoms with E-state index in [9.17, 15) is 0 Å². The molecule has 0 bridgehead atoms. The molecular weight excluding hydrogens is 238 g/mol. The molecule has 4 N–H and O–H groups in total. The minimum absolute atomic E-state index is 0.400. The lowest BCUT2D eigenvalue weighted by atomic mass is 10.1. The van der Waals surface area contributed by atoms with Gasteiger partial charge in [0, 0.05) is 31.1 Å². The molecule has 3 rings (SSSR count). The Balaban J connectivity index is 1.81. The van der Waals surface area contributed by atoms with Crippen LogP contribution in [0, 0.1) is 0 Å². The van der Waals surface area contributed by atoms with Gasteiger partial charge in [0.15, 0.2) is 0 Å². The van der Waals surface area contributed by atoms with Gasteiger partial charge in [0.2, 0.25) is 5.95 Å². The number of nitrogens with zero attached hydrogens (tertiary/aromatic N) is 2. The molecule has 0 aromatic carbocycles. The van der Waals surface area contributed by atoms with E-state index in [0.717, 1.165) is 31.0 Å². The smallest absolute Gasteiger partial charge is 0.222 e. The number of hydrogen-bond acceptors (Lipinski definition) is 5. The number of fused-ring (bicyclic) bond motifs is 1. The van der Waals surface area contributed by atoms with Crippen LogP contribution in [0.1, 0.15) is 49.8 Å². The third kappa shape index (κ3) is 2.97. The normalized spacial score (nSPS) is 20.6. The second-order valence-corrected chi connectivity index (χ2v) is 5.62. The van der Waals surface area contributed by atoms with Crippen LogP contribution in [0.3, 0.4) is 0 Å². The molecule has 0 amide bonds. The monoisotopic (exact) mass is 261 g/mol. The van der Waals surface area contributed by atoms with E-state index < -0.39 is 0 Å². The lowest BCUT2D eigenvalue weighted by Crippen LogP contribution is -2.29. The Kier molecular flexibility index (Phi) is 3.82. The fraction of sp³-hybridized carbons (Fsp3) is 0.714. The van der Waals surface area contributed by atoms with Crippen molar-refractivity contribution in [2.75, 3.05) is 17.6 Å². The molecule has 5 heteroatoms. The zero-order valence-electron chi connectivity index (χ0n) is 11.4. The van der Waals surface area contributed by atoms with Crippen LogP contribution >= 0.6 is 0 Å². The summed E-state index contributed by atoms with van der Waals surface area (Å²) in [5.74, 6) is 1.36. The van der Waals surface area contributed by atoms with Crippen molar-refractivity contribution >= 4 is 11.8 Å². The molecule has 1 fully saturated rings. The molecule has 1 aliphatic heterocycles. The molecular formula is C14H23N5. The largest absolute Gasteiger partial charge is 0.368 e. The molecule has 1 aliphatic carbocycles. The Morgan fingerprint density at radius 3 is 2.68 bits per heavy atom. The van der Waals surface area contributed by atoms with E-state index in [1.165, 1.54) is 44.1 Å². The first-order valence-electron chi connectivity index (χ1n) is 7.45. The Labute approximate surface area is 114 Å². The van der Waals surface area contributed by atoms with Crippen molar-refractivity contribution in [3.63, 3.8) is 0 Å². The van der Waals surface area contributed by atoms with E-state index >= 15 is 0 Å². The average Bonchev–Trinajstić information content (AvgIpc) is 2.67. The van der Waals surface area contributed by atoms with Gasteiger partial charge in [-0.15, -0.1) is 0 Å². The van der Waals surface area contributed by atoms with Gasteiger partial charge in [0.1, 0.15) is 5.82 Å². The molecule has 0 saturated heterocycles. The van der Waals surface area contributed by atoms with Crippen LogP contribution in [0.2, 0.25) is 0 Å². The van der Waals surface area contributed by atoms with Crippen LogP contribution in [0.4, 0.5) is 11.8 Å². The second-order valence-electron chi connectivity index (χ2n) is 5.62. The van der Waals surface area contributed by atoms with Crippen LogP contribution in [0.5, 0.6) is 0 Å². The van der Waals surface area contributed by atoms with E-state index in [1.807, 2.05) is 0 Å². The molecule has 104 valence electrons. The number of hydrogen-bond donors (Lipinski definition) is 3. The summed E-state index contributed by atoms with van der Waals surface area (Å²) in [6.45, 7) is 1.83. The van der Waals surface area contributed by atoms with E-state index in [-0.39, 0.29) is 0 Å². The zero-order chi connectivity index (χ0) is 13.1. The summed E-state index contributed by atoms with van der Waals surface area (Å²) in [6, 6.07) is 0.544. The number of aromatic nitrogens is 2. The molecule has 2 aliphatic rings. The molecule has 1 saturated carbocycles. The topological polar surface area (TPSA) is 75.9 Å². The Bertz CT molecular complexity index is 438. The molecule has 19 heavy (non-hydrogen) atoms. The SMILES string of the molecule is Nc1nc2c(c(NC3CCCCCC3)n1)CNCC2. The zero-order valence-corrected chi connectivity index (χ0v) is 11.4. The van der Waals surface area contributed by atoms with Crippen LogP contribution < -0.4 is 16.4 Å². The van der Waals surface area contributed by atoms with Gasteiger partial charge < -0.3 is 16.4 Å². The first kappa shape index (κ1) is 12.7. The standard InChI is InChI=1S/C14H23N5/c15-14-18-12-7-8-16-9-11(12)13(19-14)17-10-5-3-1-2-4-6-10/h10,16H,1-9H2,(H3,15,17,18,19). The predicted octanol–water partition coefficient (Wildman–Crippen LogP) is 1.84. The molecule has 5 nitrogen and oxygen atoms in total. The maximum Gasteiger partial charge on any atom is 0.222 e. The number of nitrogens with one attached hydrogen (secondary N) is 2. The quantitative estimate of drug-likeness (QED) is 0.708. The highest BCUT2D eigenvalue weighted by Crippen LogP contribution is 2.25. The van der Waals surface area contributed by atoms with E-state index in [2.05, 4.69) is 20.6 Å². The minimum atomic E-state index is 0.400. The summed E-state index contributed by atoms with van der Waals surface area (Å²) in [5.41, 5.74) is 8.16. The summed E-state index contributed by atoms with van der Waals surface area (Å²) in [6.07, 6.45) is 8.80. The first-order chi connectivity index (χ1) is 9.33. The maximum absolute atomic E-state index is 5.84. The number of nitrogens with two attached hydrogens (primary N) is 1. The predicted molar refractivity (Wildman–Crippen MR) is 77.0 cm³/mol. The molecule has 1 aromatic heterocycles. The highest BCUT2D eigenvalue weighted by atomic mass is 15.1. The lowest BCUT2D eigenvalue weighted by Gasteiger charge is -2.23. The van der Waals surface area contributed by atoms with Crippen LogP contribution in [-0.4, -0.2) is 22.6 Å². The molecule has 1 aromatic rings. The van der Waals surface area contributed by atoms with Gasteiger partial charge in [-0.25, -0.2) is 4.98 Å². The van der Waals surface area contributed by atoms with Crippen LogP contribution in [-0.2, 0) is 13.0 Å². The molecule has 0 spiro atoms. The van der Waals surface area contributed by atoms with Crippen molar-refractivity contribution in [2.24, 2.45) is 0 Å². The van der Waals surface area contributed by atoms with E-state index in [0.29, 0.717) is 12.0 Å². The van der Waals surface area contributed by atoms with Gasteiger partial charge in [-0.05, 0) is 12.8 Å². The Morgan fingerprint density at radius 2 is 1.89 bits per heavy atom. The number of nitrogen functional groups attached to an aromatic ring is 1. The fourth-order valence-electron chi connectivity index (χ4n) is 3.10. The highest BCUT2D eigenvalue weighted by Gasteiger charge is 2.19. The minimum Gasteiger partial charge on any atom is -0.368 e. The molecule has 0 atom stereocenters. The Hall–Kier alpha value is -1.36. The number of anilines is 2. The summed E-state index contributed by atoms with van der Waals surface area (Å²) in [5, 5.41) is 7.01. The van der Waals surface area contributed by atoms with Crippen molar-refractivity contribution in [2.45, 2.75) is 57.5 Å². The molecule has 0 radical (unpaired) electrons. The summed E-state index contributed by atoms with van der Waals surface area (Å²) in [7, 11) is 0. The van der Waals surface area contributed by atoms with Crippen molar-refractivity contribution in [3.05, 3.63) is 11.3 Å². The van der Waals surface area contributed by atoms with Gasteiger partial charge in [-0.2, -0.15) is 4.98 Å². The highest BCUT2D eigenvalue weighted by molar-refractivity contribution is 5.51. The van der Waals surface area contributed by atoms with E-state index in [1.54, 1.807) is 0 Å². The maximum atomic E-state index is 5.84. The molecule has 0 unspecified atom stereocenters. The second kappa shape index (κ2) is 5.74. The Morgan fingerprint density at radius 1 is 1.11 bits per heavy atom. The fourth-order valence-corrected chi connectivity index (χ4v) is 3.10. The van der Waals surface area contributed by atoms with Gasteiger partial charge in [0.05, 0.1) is 5.69 Å². The third-order valence-electron chi connectivity index (χ3n) is 4.15. The van der Waals surface area contributed by atoms with Gasteiger partial charge in [-0.3, -0.25) is 0 Å². The van der Waals surface area contributed by atoms with Crippen LogP contribution in [0.15, 0.2) is 0 Å². The van der Waals surface area contributed by atoms with Gasteiger partial charge in [0.25, 0.3) is 0 Å². The summed E-state index contributed by atoms with van der Waals surface area (Å²) < 4.78 is 0. The average molecular weight is 261 g/mol.